The van der Waals surface area contributed by atoms with Crippen LogP contribution in [0.5, 0.6) is 0 Å². The monoisotopic (exact) mass is 309 g/mol. The van der Waals surface area contributed by atoms with Crippen molar-refractivity contribution >= 4 is 28.5 Å². The van der Waals surface area contributed by atoms with Crippen LogP contribution in [0.15, 0.2) is 5.38 Å². The molecule has 3 rings (SSSR count). The number of carboxylic acids is 1. The van der Waals surface area contributed by atoms with Gasteiger partial charge in [-0.1, -0.05) is 6.42 Å². The van der Waals surface area contributed by atoms with E-state index in [9.17, 15) is 9.59 Å². The molecule has 0 unspecified atom stereocenters. The number of aliphatic carboxylic acids is 1. The van der Waals surface area contributed by atoms with Gasteiger partial charge in [-0.05, 0) is 25.7 Å². The molecule has 2 aliphatic rings. The number of carbonyl (C=O) groups is 2. The van der Waals surface area contributed by atoms with Gasteiger partial charge in [-0.25, -0.2) is 9.78 Å². The Kier molecular flexibility index (Phi) is 4.10. The number of urea groups is 1. The number of carboxylic acid groups (broad SMARTS) is 1. The standard InChI is InChI=1S/C14H19N3O3S/c18-12(19)10-4-6-17(7-5-10)14(20)16-13-15-11(8-21-13)9-2-1-3-9/h8-10H,1-7H2,(H,18,19)(H,15,16,20). The zero-order chi connectivity index (χ0) is 14.8. The summed E-state index contributed by atoms with van der Waals surface area (Å²) in [5, 5.41) is 14.4. The van der Waals surface area contributed by atoms with Crippen LogP contribution in [0.4, 0.5) is 9.93 Å². The van der Waals surface area contributed by atoms with Gasteiger partial charge >= 0.3 is 12.0 Å². The molecular weight excluding hydrogens is 290 g/mol. The zero-order valence-electron chi connectivity index (χ0n) is 11.7. The van der Waals surface area contributed by atoms with Gasteiger partial charge in [0.1, 0.15) is 0 Å². The van der Waals surface area contributed by atoms with E-state index >= 15 is 0 Å². The second-order valence-corrected chi connectivity index (χ2v) is 6.59. The quantitative estimate of drug-likeness (QED) is 0.899. The number of aromatic nitrogens is 1. The maximum atomic E-state index is 12.1. The summed E-state index contributed by atoms with van der Waals surface area (Å²) in [7, 11) is 0. The van der Waals surface area contributed by atoms with Crippen molar-refractivity contribution in [1.29, 1.82) is 0 Å². The van der Waals surface area contributed by atoms with Gasteiger partial charge in [0, 0.05) is 24.4 Å². The number of hydrogen-bond acceptors (Lipinski definition) is 4. The molecule has 1 aromatic rings. The van der Waals surface area contributed by atoms with Crippen molar-refractivity contribution in [2.45, 2.75) is 38.0 Å². The smallest absolute Gasteiger partial charge is 0.323 e. The molecule has 0 atom stereocenters. The largest absolute Gasteiger partial charge is 0.481 e. The Morgan fingerprint density at radius 2 is 2.00 bits per heavy atom. The number of nitrogens with zero attached hydrogens (tertiary/aromatic N) is 2. The summed E-state index contributed by atoms with van der Waals surface area (Å²) >= 11 is 1.46. The molecule has 1 saturated heterocycles. The lowest BCUT2D eigenvalue weighted by Crippen LogP contribution is -2.42. The van der Waals surface area contributed by atoms with E-state index < -0.39 is 5.97 Å². The molecule has 0 bridgehead atoms. The number of piperidine rings is 1. The topological polar surface area (TPSA) is 82.5 Å². The lowest BCUT2D eigenvalue weighted by atomic mass is 9.83. The lowest BCUT2D eigenvalue weighted by Gasteiger charge is -2.29. The Hall–Kier alpha value is -1.63. The second kappa shape index (κ2) is 6.01. The van der Waals surface area contributed by atoms with Crippen molar-refractivity contribution in [3.8, 4) is 0 Å². The van der Waals surface area contributed by atoms with Crippen LogP contribution in [-0.4, -0.2) is 40.1 Å². The fourth-order valence-corrected chi connectivity index (χ4v) is 3.52. The van der Waals surface area contributed by atoms with Gasteiger partial charge in [0.25, 0.3) is 0 Å². The minimum atomic E-state index is -0.764. The van der Waals surface area contributed by atoms with Crippen molar-refractivity contribution in [3.63, 3.8) is 0 Å². The van der Waals surface area contributed by atoms with Gasteiger partial charge in [0.15, 0.2) is 5.13 Å². The summed E-state index contributed by atoms with van der Waals surface area (Å²) in [6.45, 7) is 0.979. The number of amides is 2. The number of anilines is 1. The van der Waals surface area contributed by atoms with Crippen molar-refractivity contribution in [3.05, 3.63) is 11.1 Å². The third-order valence-corrected chi connectivity index (χ3v) is 5.17. The Labute approximate surface area is 127 Å². The van der Waals surface area contributed by atoms with Crippen LogP contribution in [-0.2, 0) is 4.79 Å². The second-order valence-electron chi connectivity index (χ2n) is 5.74. The molecule has 21 heavy (non-hydrogen) atoms. The predicted octanol–water partition coefficient (Wildman–Crippen LogP) is 2.74. The lowest BCUT2D eigenvalue weighted by molar-refractivity contribution is -0.143. The first-order valence-electron chi connectivity index (χ1n) is 7.37. The van der Waals surface area contributed by atoms with Crippen molar-refractivity contribution in [2.75, 3.05) is 18.4 Å². The summed E-state index contributed by atoms with van der Waals surface area (Å²) in [5.41, 5.74) is 1.09. The molecule has 2 N–H and O–H groups in total. The molecule has 1 saturated carbocycles. The van der Waals surface area contributed by atoms with Crippen LogP contribution in [0.25, 0.3) is 0 Å². The van der Waals surface area contributed by atoms with Gasteiger partial charge in [-0.2, -0.15) is 0 Å². The van der Waals surface area contributed by atoms with Crippen LogP contribution in [0.3, 0.4) is 0 Å². The Bertz CT molecular complexity index is 533. The van der Waals surface area contributed by atoms with Crippen LogP contribution < -0.4 is 5.32 Å². The summed E-state index contributed by atoms with van der Waals surface area (Å²) in [6.07, 6.45) is 4.70. The SMILES string of the molecule is O=C(O)C1CCN(C(=O)Nc2nc(C3CCC3)cs2)CC1. The average Bonchev–Trinajstić information content (AvgIpc) is 2.85. The number of likely N-dealkylation sites (tertiary alicyclic amines) is 1. The molecule has 7 heteroatoms. The van der Waals surface area contributed by atoms with E-state index in [0.717, 1.165) is 5.69 Å². The van der Waals surface area contributed by atoms with E-state index in [4.69, 9.17) is 5.11 Å². The third kappa shape index (κ3) is 3.18. The van der Waals surface area contributed by atoms with Crippen LogP contribution in [0, 0.1) is 5.92 Å². The zero-order valence-corrected chi connectivity index (χ0v) is 12.6. The van der Waals surface area contributed by atoms with Crippen molar-refractivity contribution in [1.82, 2.24) is 9.88 Å². The van der Waals surface area contributed by atoms with E-state index in [2.05, 4.69) is 10.3 Å². The Balaban J connectivity index is 1.52. The number of carbonyl (C=O) groups excluding carboxylic acids is 1. The fourth-order valence-electron chi connectivity index (χ4n) is 2.74. The van der Waals surface area contributed by atoms with E-state index in [1.54, 1.807) is 4.90 Å². The van der Waals surface area contributed by atoms with Crippen molar-refractivity contribution < 1.29 is 14.7 Å². The minimum absolute atomic E-state index is 0.173. The Morgan fingerprint density at radius 3 is 2.57 bits per heavy atom. The van der Waals surface area contributed by atoms with Crippen LogP contribution in [0.1, 0.15) is 43.7 Å². The summed E-state index contributed by atoms with van der Waals surface area (Å²) < 4.78 is 0. The van der Waals surface area contributed by atoms with Gasteiger partial charge < -0.3 is 10.0 Å². The highest BCUT2D eigenvalue weighted by Gasteiger charge is 2.27. The molecule has 0 spiro atoms. The predicted molar refractivity (Wildman–Crippen MR) is 79.7 cm³/mol. The highest BCUT2D eigenvalue weighted by Crippen LogP contribution is 2.37. The third-order valence-electron chi connectivity index (χ3n) is 4.39. The van der Waals surface area contributed by atoms with Crippen LogP contribution in [0.2, 0.25) is 0 Å². The maximum absolute atomic E-state index is 12.1. The van der Waals surface area contributed by atoms with Crippen molar-refractivity contribution in [2.24, 2.45) is 5.92 Å². The first kappa shape index (κ1) is 14.3. The van der Waals surface area contributed by atoms with E-state index in [0.29, 0.717) is 37.0 Å². The normalized spacial score (nSPS) is 20.1. The number of thiazole rings is 1. The molecule has 1 aliphatic carbocycles. The number of rotatable bonds is 3. The molecule has 6 nitrogen and oxygen atoms in total. The molecule has 1 aromatic heterocycles. The molecule has 2 heterocycles. The van der Waals surface area contributed by atoms with Gasteiger partial charge in [-0.3, -0.25) is 10.1 Å². The summed E-state index contributed by atoms with van der Waals surface area (Å²) in [6, 6.07) is -0.173. The molecule has 1 aliphatic heterocycles. The first-order chi connectivity index (χ1) is 10.1. The Morgan fingerprint density at radius 1 is 1.29 bits per heavy atom. The van der Waals surface area contributed by atoms with Gasteiger partial charge in [0.2, 0.25) is 0 Å². The van der Waals surface area contributed by atoms with E-state index in [1.165, 1.54) is 30.6 Å². The van der Waals surface area contributed by atoms with Gasteiger partial charge in [0.05, 0.1) is 11.6 Å². The van der Waals surface area contributed by atoms with Gasteiger partial charge in [-0.15, -0.1) is 11.3 Å². The molecule has 2 amide bonds. The molecule has 0 radical (unpaired) electrons. The number of hydrogen-bond donors (Lipinski definition) is 2. The highest BCUT2D eigenvalue weighted by atomic mass is 32.1. The molecule has 114 valence electrons. The summed E-state index contributed by atoms with van der Waals surface area (Å²) in [5.74, 6) is -0.516. The van der Waals surface area contributed by atoms with E-state index in [1.807, 2.05) is 5.38 Å². The summed E-state index contributed by atoms with van der Waals surface area (Å²) in [4.78, 5) is 29.2. The number of nitrogens with one attached hydrogen (secondary N) is 1. The molecule has 2 fully saturated rings. The van der Waals surface area contributed by atoms with Crippen LogP contribution >= 0.6 is 11.3 Å². The first-order valence-corrected chi connectivity index (χ1v) is 8.25. The molecular formula is C14H19N3O3S. The fraction of sp³-hybridized carbons (Fsp3) is 0.643. The minimum Gasteiger partial charge on any atom is -0.481 e. The average molecular weight is 309 g/mol. The highest BCUT2D eigenvalue weighted by molar-refractivity contribution is 7.13. The van der Waals surface area contributed by atoms with E-state index in [-0.39, 0.29) is 11.9 Å². The maximum Gasteiger partial charge on any atom is 0.323 e. The molecule has 0 aromatic carbocycles.